The van der Waals surface area contributed by atoms with Gasteiger partial charge in [0.05, 0.1) is 12.0 Å². The minimum atomic E-state index is -3.69. The molecule has 1 aromatic carbocycles. The summed E-state index contributed by atoms with van der Waals surface area (Å²) < 4.78 is 59.4. The van der Waals surface area contributed by atoms with Crippen molar-refractivity contribution in [3.05, 3.63) is 35.9 Å². The van der Waals surface area contributed by atoms with Gasteiger partial charge in [-0.3, -0.25) is 9.59 Å². The van der Waals surface area contributed by atoms with Crippen LogP contribution >= 0.6 is 0 Å². The van der Waals surface area contributed by atoms with Gasteiger partial charge in [-0.05, 0) is 25.7 Å². The lowest BCUT2D eigenvalue weighted by atomic mass is 9.86. The monoisotopic (exact) mass is 432 g/mol. The molecule has 1 heterocycles. The van der Waals surface area contributed by atoms with Crippen molar-refractivity contribution in [2.75, 3.05) is 6.54 Å². The third kappa shape index (κ3) is 5.72. The number of carbonyl (C=O) groups excluding carboxylic acids is 2. The molecule has 2 unspecified atom stereocenters. The maximum absolute atomic E-state index is 13.7. The molecule has 2 rings (SSSR count). The van der Waals surface area contributed by atoms with E-state index in [1.807, 2.05) is 5.23 Å². The van der Waals surface area contributed by atoms with Gasteiger partial charge in [0.2, 0.25) is 5.91 Å². The van der Waals surface area contributed by atoms with E-state index in [0.29, 0.717) is 6.92 Å². The van der Waals surface area contributed by atoms with Gasteiger partial charge in [0.1, 0.15) is 0 Å². The van der Waals surface area contributed by atoms with Crippen molar-refractivity contribution in [3.8, 4) is 0 Å². The molecule has 1 amide bonds. The van der Waals surface area contributed by atoms with Gasteiger partial charge in [-0.1, -0.05) is 30.3 Å². The predicted molar refractivity (Wildman–Crippen MR) is 102 cm³/mol. The molecule has 0 aromatic heterocycles. The average Bonchev–Trinajstić information content (AvgIpc) is 3.04. The zero-order chi connectivity index (χ0) is 22.6. The number of ether oxygens (including phenoxy) is 1. The van der Waals surface area contributed by atoms with Gasteiger partial charge in [0, 0.05) is 13.5 Å². The van der Waals surface area contributed by atoms with Gasteiger partial charge < -0.3 is 19.9 Å². The molecule has 1 saturated heterocycles. The van der Waals surface area contributed by atoms with E-state index in [2.05, 4.69) is 0 Å². The number of benzene rings is 1. The second-order valence-electron chi connectivity index (χ2n) is 7.48. The van der Waals surface area contributed by atoms with Crippen LogP contribution in [-0.2, 0) is 14.3 Å². The van der Waals surface area contributed by atoms with E-state index in [0.717, 1.165) is 12.4 Å². The number of halogens is 4. The molecule has 1 aliphatic heterocycles. The SMILES string of the molecule is CB(O)N[C@H](C(=O)OC(C(F)F)C1CCN([C@H](C)c2ccccc2)C1=O)C(C)(F)F. The first kappa shape index (κ1) is 24.1. The molecule has 0 spiro atoms. The maximum atomic E-state index is 13.7. The van der Waals surface area contributed by atoms with Crippen LogP contribution in [0, 0.1) is 5.92 Å². The van der Waals surface area contributed by atoms with Crippen molar-refractivity contribution < 1.29 is 36.9 Å². The van der Waals surface area contributed by atoms with Crippen LogP contribution in [-0.4, -0.2) is 59.9 Å². The maximum Gasteiger partial charge on any atom is 0.374 e. The zero-order valence-electron chi connectivity index (χ0n) is 16.9. The number of amides is 1. The second-order valence-corrected chi connectivity index (χ2v) is 7.48. The summed E-state index contributed by atoms with van der Waals surface area (Å²) >= 11 is 0. The number of carbonyl (C=O) groups is 2. The molecule has 2 N–H and O–H groups in total. The number of likely N-dealkylation sites (tertiary alicyclic amines) is 1. The number of esters is 1. The van der Waals surface area contributed by atoms with E-state index < -0.39 is 49.3 Å². The Morgan fingerprint density at radius 3 is 2.43 bits per heavy atom. The minimum Gasteiger partial charge on any atom is -0.454 e. The summed E-state index contributed by atoms with van der Waals surface area (Å²) in [5.41, 5.74) is 0.809. The van der Waals surface area contributed by atoms with Crippen molar-refractivity contribution in [2.24, 2.45) is 5.92 Å². The van der Waals surface area contributed by atoms with Gasteiger partial charge in [-0.15, -0.1) is 0 Å². The highest BCUT2D eigenvalue weighted by atomic mass is 19.3. The number of alkyl halides is 4. The largest absolute Gasteiger partial charge is 0.454 e. The molecule has 0 aliphatic carbocycles. The summed E-state index contributed by atoms with van der Waals surface area (Å²) in [6, 6.07) is 6.24. The summed E-state index contributed by atoms with van der Waals surface area (Å²) in [4.78, 5) is 26.4. The first-order chi connectivity index (χ1) is 13.9. The third-order valence-corrected chi connectivity index (χ3v) is 5.08. The van der Waals surface area contributed by atoms with E-state index >= 15 is 0 Å². The van der Waals surface area contributed by atoms with Gasteiger partial charge in [-0.25, -0.2) is 17.6 Å². The Bertz CT molecular complexity index is 733. The smallest absolute Gasteiger partial charge is 0.374 e. The van der Waals surface area contributed by atoms with Gasteiger partial charge >= 0.3 is 13.0 Å². The predicted octanol–water partition coefficient (Wildman–Crippen LogP) is 2.50. The third-order valence-electron chi connectivity index (χ3n) is 5.08. The van der Waals surface area contributed by atoms with Crippen LogP contribution in [0.4, 0.5) is 17.6 Å². The zero-order valence-corrected chi connectivity index (χ0v) is 16.9. The van der Waals surface area contributed by atoms with Crippen molar-refractivity contribution in [2.45, 2.75) is 57.6 Å². The Hall–Kier alpha value is -2.14. The molecule has 1 aromatic rings. The van der Waals surface area contributed by atoms with E-state index in [1.165, 1.54) is 4.90 Å². The van der Waals surface area contributed by atoms with Crippen molar-refractivity contribution >= 4 is 18.9 Å². The van der Waals surface area contributed by atoms with Crippen LogP contribution < -0.4 is 5.23 Å². The minimum absolute atomic E-state index is 0.00465. The summed E-state index contributed by atoms with van der Waals surface area (Å²) in [6.07, 6.45) is -5.42. The van der Waals surface area contributed by atoms with Crippen LogP contribution in [0.2, 0.25) is 6.82 Å². The van der Waals surface area contributed by atoms with E-state index in [9.17, 15) is 32.2 Å². The molecule has 4 atom stereocenters. The van der Waals surface area contributed by atoms with Crippen LogP contribution in [0.15, 0.2) is 30.3 Å². The molecule has 1 aliphatic rings. The highest BCUT2D eigenvalue weighted by molar-refractivity contribution is 6.46. The molecule has 6 nitrogen and oxygen atoms in total. The molecule has 0 saturated carbocycles. The van der Waals surface area contributed by atoms with Gasteiger partial charge in [-0.2, -0.15) is 0 Å². The molecular formula is C19H25BF4N2O4. The Morgan fingerprint density at radius 1 is 1.33 bits per heavy atom. The fraction of sp³-hybridized carbons (Fsp3) is 0.579. The van der Waals surface area contributed by atoms with Gasteiger partial charge in [0.15, 0.2) is 12.1 Å². The summed E-state index contributed by atoms with van der Waals surface area (Å²) in [5.74, 6) is -7.32. The van der Waals surface area contributed by atoms with Crippen molar-refractivity contribution in [1.82, 2.24) is 10.1 Å². The fourth-order valence-corrected chi connectivity index (χ4v) is 3.50. The van der Waals surface area contributed by atoms with Gasteiger partial charge in [0.25, 0.3) is 12.3 Å². The van der Waals surface area contributed by atoms with Crippen LogP contribution in [0.5, 0.6) is 0 Å². The number of hydrogen-bond acceptors (Lipinski definition) is 5. The Morgan fingerprint density at radius 2 is 1.93 bits per heavy atom. The highest BCUT2D eigenvalue weighted by Crippen LogP contribution is 2.33. The summed E-state index contributed by atoms with van der Waals surface area (Å²) in [6.45, 7) is 3.41. The molecule has 30 heavy (non-hydrogen) atoms. The van der Waals surface area contributed by atoms with Crippen molar-refractivity contribution in [1.29, 1.82) is 0 Å². The average molecular weight is 432 g/mol. The fourth-order valence-electron chi connectivity index (χ4n) is 3.50. The number of hydrogen-bond donors (Lipinski definition) is 2. The lowest BCUT2D eigenvalue weighted by molar-refractivity contribution is -0.174. The Labute approximate surface area is 172 Å². The van der Waals surface area contributed by atoms with Crippen LogP contribution in [0.25, 0.3) is 0 Å². The molecule has 0 bridgehead atoms. The topological polar surface area (TPSA) is 78.9 Å². The molecular weight excluding hydrogens is 407 g/mol. The summed E-state index contributed by atoms with van der Waals surface area (Å²) in [5, 5.41) is 11.2. The standard InChI is InChI=1S/C19H25BF4N2O4/c1-11(12-7-5-4-6-8-12)26-10-9-13(17(26)27)14(16(21)22)30-18(28)15(19(2,23)24)25-20(3)29/h4-8,11,13-16,25,29H,9-10H2,1-3H3/t11-,13?,14?,15-/m1/s1. The normalized spacial score (nSPS) is 20.2. The van der Waals surface area contributed by atoms with E-state index in [4.69, 9.17) is 4.74 Å². The van der Waals surface area contributed by atoms with Crippen LogP contribution in [0.3, 0.4) is 0 Å². The van der Waals surface area contributed by atoms with Crippen molar-refractivity contribution in [3.63, 3.8) is 0 Å². The van der Waals surface area contributed by atoms with E-state index in [1.54, 1.807) is 37.3 Å². The quantitative estimate of drug-likeness (QED) is 0.356. The molecule has 0 radical (unpaired) electrons. The molecule has 11 heteroatoms. The first-order valence-corrected chi connectivity index (χ1v) is 9.59. The number of nitrogens with zero attached hydrogens (tertiary/aromatic N) is 1. The Kier molecular flexibility index (Phi) is 7.87. The summed E-state index contributed by atoms with van der Waals surface area (Å²) in [7, 11) is -1.51. The van der Waals surface area contributed by atoms with Crippen LogP contribution in [0.1, 0.15) is 31.9 Å². The second kappa shape index (κ2) is 9.78. The highest BCUT2D eigenvalue weighted by Gasteiger charge is 2.48. The molecule has 166 valence electrons. The first-order valence-electron chi connectivity index (χ1n) is 9.59. The van der Waals surface area contributed by atoms with E-state index in [-0.39, 0.29) is 19.0 Å². The lowest BCUT2D eigenvalue weighted by Crippen LogP contribution is -2.56. The number of rotatable bonds is 9. The Balaban J connectivity index is 2.16. The number of nitrogens with one attached hydrogen (secondary N) is 1. The lowest BCUT2D eigenvalue weighted by Gasteiger charge is -2.29. The molecule has 1 fully saturated rings.